The number of hydrogen-bond donors (Lipinski definition) is 0. The van der Waals surface area contributed by atoms with Gasteiger partial charge in [-0.2, -0.15) is 0 Å². The van der Waals surface area contributed by atoms with Crippen LogP contribution in [0.4, 0.5) is 0 Å². The first-order valence-electron chi connectivity index (χ1n) is 9.13. The molecule has 1 aromatic carbocycles. The summed E-state index contributed by atoms with van der Waals surface area (Å²) >= 11 is 1.46. The Bertz CT molecular complexity index is 695. The molecule has 0 radical (unpaired) electrons. The van der Waals surface area contributed by atoms with E-state index in [9.17, 15) is 14.4 Å². The Morgan fingerprint density at radius 3 is 2.14 bits per heavy atom. The predicted molar refractivity (Wildman–Crippen MR) is 105 cm³/mol. The van der Waals surface area contributed by atoms with Crippen LogP contribution in [0.3, 0.4) is 0 Å². The van der Waals surface area contributed by atoms with E-state index in [2.05, 4.69) is 0 Å². The molecule has 1 aliphatic rings. The highest BCUT2D eigenvalue weighted by Crippen LogP contribution is 2.36. The molecule has 0 bridgehead atoms. The fourth-order valence-electron chi connectivity index (χ4n) is 3.00. The smallest absolute Gasteiger partial charge is 0.303 e. The second-order valence-electron chi connectivity index (χ2n) is 6.49. The van der Waals surface area contributed by atoms with Gasteiger partial charge in [-0.15, -0.1) is 11.8 Å². The van der Waals surface area contributed by atoms with Crippen LogP contribution in [0.5, 0.6) is 0 Å². The van der Waals surface area contributed by atoms with Crippen LogP contribution in [0, 0.1) is 0 Å². The summed E-state index contributed by atoms with van der Waals surface area (Å²) in [5, 5.41) is -0.470. The van der Waals surface area contributed by atoms with E-state index in [4.69, 9.17) is 23.7 Å². The van der Waals surface area contributed by atoms with Crippen molar-refractivity contribution in [3.63, 3.8) is 0 Å². The van der Waals surface area contributed by atoms with Crippen LogP contribution >= 0.6 is 11.8 Å². The molecule has 29 heavy (non-hydrogen) atoms. The number of methoxy groups -OCH3 is 1. The zero-order valence-electron chi connectivity index (χ0n) is 16.9. The first-order chi connectivity index (χ1) is 13.8. The van der Waals surface area contributed by atoms with E-state index in [1.54, 1.807) is 0 Å². The molecule has 2 rings (SSSR count). The molecule has 1 fully saturated rings. The molecule has 1 unspecified atom stereocenters. The number of esters is 3. The molecule has 5 atom stereocenters. The Hall–Kier alpha value is -2.10. The van der Waals surface area contributed by atoms with E-state index < -0.39 is 47.8 Å². The number of carbonyl (C=O) groups excluding carboxylic acids is 3. The van der Waals surface area contributed by atoms with Crippen molar-refractivity contribution in [2.45, 2.75) is 56.4 Å². The van der Waals surface area contributed by atoms with Crippen LogP contribution < -0.4 is 0 Å². The monoisotopic (exact) mass is 426 g/mol. The third-order valence-corrected chi connectivity index (χ3v) is 5.54. The fourth-order valence-corrected chi connectivity index (χ4v) is 4.31. The maximum absolute atomic E-state index is 11.8. The first-order valence-corrected chi connectivity index (χ1v) is 10.2. The number of ether oxygens (including phenoxy) is 5. The summed E-state index contributed by atoms with van der Waals surface area (Å²) in [6.45, 7) is 3.63. The predicted octanol–water partition coefficient (Wildman–Crippen LogP) is 2.09. The Labute approximate surface area is 174 Å². The average Bonchev–Trinajstić information content (AvgIpc) is 2.67. The normalized spacial score (nSPS) is 26.4. The van der Waals surface area contributed by atoms with E-state index in [0.29, 0.717) is 5.75 Å². The molecule has 8 nitrogen and oxygen atoms in total. The van der Waals surface area contributed by atoms with Crippen molar-refractivity contribution in [2.75, 3.05) is 13.7 Å². The topological polar surface area (TPSA) is 97.4 Å². The third kappa shape index (κ3) is 7.02. The van der Waals surface area contributed by atoms with Gasteiger partial charge < -0.3 is 23.7 Å². The quantitative estimate of drug-likeness (QED) is 0.457. The standard InChI is InChI=1S/C20H26O8S/c1-12(21)25-10-16-17(26-13(2)22)18(27-14(3)23)19(20(24-4)28-16)29-11-15-8-6-5-7-9-15/h5-9,16-20H,10-11H2,1-4H3/t16-,17-,18+,19-,20?/m1/s1. The summed E-state index contributed by atoms with van der Waals surface area (Å²) in [5.74, 6) is -0.992. The molecule has 1 aliphatic heterocycles. The molecule has 1 aromatic rings. The van der Waals surface area contributed by atoms with Crippen molar-refractivity contribution in [2.24, 2.45) is 0 Å². The highest BCUT2D eigenvalue weighted by atomic mass is 32.2. The van der Waals surface area contributed by atoms with E-state index >= 15 is 0 Å². The van der Waals surface area contributed by atoms with Crippen molar-refractivity contribution in [3.05, 3.63) is 35.9 Å². The van der Waals surface area contributed by atoms with Crippen LogP contribution in [0.25, 0.3) is 0 Å². The summed E-state index contributed by atoms with van der Waals surface area (Å²) < 4.78 is 27.4. The molecule has 0 N–H and O–H groups in total. The molecular weight excluding hydrogens is 400 g/mol. The maximum Gasteiger partial charge on any atom is 0.303 e. The van der Waals surface area contributed by atoms with E-state index in [-0.39, 0.29) is 6.61 Å². The Balaban J connectivity index is 2.28. The second-order valence-corrected chi connectivity index (χ2v) is 7.66. The van der Waals surface area contributed by atoms with Crippen molar-refractivity contribution in [3.8, 4) is 0 Å². The van der Waals surface area contributed by atoms with Gasteiger partial charge in [-0.05, 0) is 5.56 Å². The van der Waals surface area contributed by atoms with Crippen LogP contribution in [0.15, 0.2) is 30.3 Å². The number of rotatable bonds is 8. The van der Waals surface area contributed by atoms with Gasteiger partial charge in [0.1, 0.15) is 12.7 Å². The van der Waals surface area contributed by atoms with Gasteiger partial charge in [0.25, 0.3) is 0 Å². The van der Waals surface area contributed by atoms with E-state index in [1.165, 1.54) is 39.6 Å². The van der Waals surface area contributed by atoms with Crippen LogP contribution in [0.1, 0.15) is 26.3 Å². The number of hydrogen-bond acceptors (Lipinski definition) is 9. The van der Waals surface area contributed by atoms with E-state index in [0.717, 1.165) is 5.56 Å². The number of benzene rings is 1. The number of carbonyl (C=O) groups is 3. The minimum atomic E-state index is -0.949. The third-order valence-electron chi connectivity index (χ3n) is 4.16. The van der Waals surface area contributed by atoms with E-state index in [1.807, 2.05) is 30.3 Å². The fraction of sp³-hybridized carbons (Fsp3) is 0.550. The molecular formula is C20H26O8S. The lowest BCUT2D eigenvalue weighted by atomic mass is 10.0. The average molecular weight is 426 g/mol. The van der Waals surface area contributed by atoms with Crippen LogP contribution in [-0.2, 0) is 43.8 Å². The lowest BCUT2D eigenvalue weighted by Crippen LogP contribution is -2.60. The molecule has 0 saturated carbocycles. The highest BCUT2D eigenvalue weighted by Gasteiger charge is 2.50. The number of thioether (sulfide) groups is 1. The minimum Gasteiger partial charge on any atom is -0.463 e. The Kier molecular flexibility index (Phi) is 8.94. The summed E-state index contributed by atoms with van der Waals surface area (Å²) in [7, 11) is 1.47. The minimum absolute atomic E-state index is 0.166. The van der Waals surface area contributed by atoms with Gasteiger partial charge in [0.2, 0.25) is 0 Å². The van der Waals surface area contributed by atoms with Gasteiger partial charge in [-0.1, -0.05) is 30.3 Å². The Morgan fingerprint density at radius 2 is 1.59 bits per heavy atom. The zero-order valence-corrected chi connectivity index (χ0v) is 17.7. The van der Waals surface area contributed by atoms with Gasteiger partial charge in [-0.25, -0.2) is 0 Å². The maximum atomic E-state index is 11.8. The van der Waals surface area contributed by atoms with Gasteiger partial charge in [0.05, 0.1) is 5.25 Å². The van der Waals surface area contributed by atoms with Crippen molar-refractivity contribution >= 4 is 29.7 Å². The summed E-state index contributed by atoms with van der Waals surface area (Å²) in [5.41, 5.74) is 1.07. The molecule has 0 aromatic heterocycles. The molecule has 160 valence electrons. The largest absolute Gasteiger partial charge is 0.463 e. The summed E-state index contributed by atoms with van der Waals surface area (Å²) in [6, 6.07) is 9.75. The second kappa shape index (κ2) is 11.2. The SMILES string of the molecule is COC1O[C@H](COC(C)=O)[C@@H](OC(C)=O)[C@H](OC(C)=O)[C@H]1SCc1ccccc1. The van der Waals surface area contributed by atoms with Gasteiger partial charge >= 0.3 is 17.9 Å². The first kappa shape index (κ1) is 23.2. The van der Waals surface area contributed by atoms with Gasteiger partial charge in [-0.3, -0.25) is 14.4 Å². The Morgan fingerprint density at radius 1 is 0.966 bits per heavy atom. The highest BCUT2D eigenvalue weighted by molar-refractivity contribution is 7.99. The van der Waals surface area contributed by atoms with Crippen LogP contribution in [-0.4, -0.2) is 61.5 Å². The lowest BCUT2D eigenvalue weighted by Gasteiger charge is -2.44. The molecule has 9 heteroatoms. The zero-order chi connectivity index (χ0) is 21.4. The van der Waals surface area contributed by atoms with Crippen molar-refractivity contribution in [1.29, 1.82) is 0 Å². The van der Waals surface area contributed by atoms with Crippen LogP contribution in [0.2, 0.25) is 0 Å². The van der Waals surface area contributed by atoms with Crippen molar-refractivity contribution in [1.82, 2.24) is 0 Å². The molecule has 1 saturated heterocycles. The van der Waals surface area contributed by atoms with Crippen molar-refractivity contribution < 1.29 is 38.1 Å². The molecule has 1 heterocycles. The van der Waals surface area contributed by atoms with Gasteiger partial charge in [0.15, 0.2) is 18.5 Å². The molecule has 0 aliphatic carbocycles. The summed E-state index contributed by atoms with van der Waals surface area (Å²) in [6.07, 6.45) is -3.40. The summed E-state index contributed by atoms with van der Waals surface area (Å²) in [4.78, 5) is 34.7. The lowest BCUT2D eigenvalue weighted by molar-refractivity contribution is -0.256. The molecule has 0 amide bonds. The van der Waals surface area contributed by atoms with Gasteiger partial charge in [0, 0.05) is 33.6 Å². The molecule has 0 spiro atoms.